The minimum absolute atomic E-state index is 0.106. The summed E-state index contributed by atoms with van der Waals surface area (Å²) in [5.74, 6) is -0.587. The zero-order valence-corrected chi connectivity index (χ0v) is 8.47. The molecule has 1 aromatic carbocycles. The summed E-state index contributed by atoms with van der Waals surface area (Å²) >= 11 is 0. The van der Waals surface area contributed by atoms with Crippen LogP contribution < -0.4 is 0 Å². The molecule has 1 aliphatic heterocycles. The summed E-state index contributed by atoms with van der Waals surface area (Å²) in [6.45, 7) is 0. The van der Waals surface area contributed by atoms with Crippen LogP contribution in [-0.2, 0) is 14.3 Å². The first-order valence-corrected chi connectivity index (χ1v) is 4.90. The van der Waals surface area contributed by atoms with Gasteiger partial charge < -0.3 is 4.74 Å². The van der Waals surface area contributed by atoms with Crippen LogP contribution >= 0.6 is 0 Å². The van der Waals surface area contributed by atoms with Crippen molar-refractivity contribution in [1.82, 2.24) is 0 Å². The molecule has 1 heterocycles. The fourth-order valence-corrected chi connectivity index (χ4v) is 1.64. The lowest BCUT2D eigenvalue weighted by atomic mass is 9.99. The van der Waals surface area contributed by atoms with Crippen molar-refractivity contribution in [2.45, 2.75) is 18.9 Å². The quantitative estimate of drug-likeness (QED) is 0.526. The molecule has 1 saturated heterocycles. The van der Waals surface area contributed by atoms with E-state index in [1.165, 1.54) is 0 Å². The summed E-state index contributed by atoms with van der Waals surface area (Å²) < 4.78 is 5.07. The number of nitriles is 1. The normalized spacial score (nSPS) is 20.1. The average Bonchev–Trinajstić information content (AvgIpc) is 2.28. The molecule has 0 N–H and O–H groups in total. The van der Waals surface area contributed by atoms with Crippen molar-refractivity contribution in [3.63, 3.8) is 0 Å². The molecule has 0 radical (unpaired) electrons. The van der Waals surface area contributed by atoms with Crippen molar-refractivity contribution in [2.24, 2.45) is 0 Å². The van der Waals surface area contributed by atoms with Crippen molar-refractivity contribution >= 4 is 11.8 Å². The van der Waals surface area contributed by atoms with Crippen LogP contribution in [0.4, 0.5) is 0 Å². The number of rotatable bonds is 1. The second-order valence-electron chi connectivity index (χ2n) is 3.63. The fourth-order valence-electron chi connectivity index (χ4n) is 1.64. The smallest absolute Gasteiger partial charge is 0.313 e. The van der Waals surface area contributed by atoms with Gasteiger partial charge in [-0.2, -0.15) is 5.26 Å². The summed E-state index contributed by atoms with van der Waals surface area (Å²) in [7, 11) is 0. The first-order valence-electron chi connectivity index (χ1n) is 4.90. The Morgan fingerprint density at radius 2 is 1.94 bits per heavy atom. The zero-order chi connectivity index (χ0) is 11.5. The van der Waals surface area contributed by atoms with Crippen molar-refractivity contribution in [1.29, 1.82) is 5.26 Å². The Kier molecular flexibility index (Phi) is 2.69. The number of carbonyl (C=O) groups is 2. The maximum absolute atomic E-state index is 11.2. The molecule has 0 bridgehead atoms. The number of Topliss-reactive ketones (excluding diaryl/α,β-unsaturated/α-hetero) is 1. The predicted octanol–water partition coefficient (Wildman–Crippen LogP) is 1.51. The molecule has 0 amide bonds. The van der Waals surface area contributed by atoms with E-state index in [2.05, 4.69) is 0 Å². The van der Waals surface area contributed by atoms with Crippen molar-refractivity contribution in [3.05, 3.63) is 35.4 Å². The Balaban J connectivity index is 2.20. The van der Waals surface area contributed by atoms with E-state index in [9.17, 15) is 9.59 Å². The SMILES string of the molecule is N#Cc1ccc(C2CC(=O)CC(=O)O2)cc1. The number of esters is 1. The number of benzene rings is 1. The van der Waals surface area contributed by atoms with E-state index in [0.717, 1.165) is 5.56 Å². The Morgan fingerprint density at radius 1 is 1.25 bits per heavy atom. The zero-order valence-electron chi connectivity index (χ0n) is 8.47. The van der Waals surface area contributed by atoms with Gasteiger partial charge in [-0.3, -0.25) is 9.59 Å². The van der Waals surface area contributed by atoms with Crippen molar-refractivity contribution < 1.29 is 14.3 Å². The molecule has 1 fully saturated rings. The molecule has 0 saturated carbocycles. The molecule has 2 rings (SSSR count). The minimum atomic E-state index is -0.499. The molecule has 1 unspecified atom stereocenters. The largest absolute Gasteiger partial charge is 0.457 e. The first kappa shape index (κ1) is 10.4. The highest BCUT2D eigenvalue weighted by Gasteiger charge is 2.27. The highest BCUT2D eigenvalue weighted by molar-refractivity contribution is 5.97. The molecule has 4 nitrogen and oxygen atoms in total. The number of hydrogen-bond donors (Lipinski definition) is 0. The number of ketones is 1. The molecule has 4 heteroatoms. The number of carbonyl (C=O) groups excluding carboxylic acids is 2. The highest BCUT2D eigenvalue weighted by Crippen LogP contribution is 2.26. The lowest BCUT2D eigenvalue weighted by molar-refractivity contribution is -0.158. The van der Waals surface area contributed by atoms with Crippen LogP contribution in [0.25, 0.3) is 0 Å². The number of hydrogen-bond acceptors (Lipinski definition) is 4. The number of nitrogens with zero attached hydrogens (tertiary/aromatic N) is 1. The van der Waals surface area contributed by atoms with Crippen LogP contribution in [0.5, 0.6) is 0 Å². The summed E-state index contributed by atoms with van der Waals surface area (Å²) in [4.78, 5) is 22.3. The Hall–Kier alpha value is -2.15. The number of ether oxygens (including phenoxy) is 1. The fraction of sp³-hybridized carbons (Fsp3) is 0.250. The maximum atomic E-state index is 11.2. The second kappa shape index (κ2) is 4.15. The summed E-state index contributed by atoms with van der Waals surface area (Å²) in [6.07, 6.45) is -0.411. The lowest BCUT2D eigenvalue weighted by Gasteiger charge is -2.21. The van der Waals surface area contributed by atoms with Gasteiger partial charge in [-0.1, -0.05) is 12.1 Å². The molecule has 80 valence electrons. The average molecular weight is 215 g/mol. The molecule has 1 aromatic rings. The van der Waals surface area contributed by atoms with Gasteiger partial charge in [0, 0.05) is 6.42 Å². The van der Waals surface area contributed by atoms with E-state index in [-0.39, 0.29) is 18.6 Å². The van der Waals surface area contributed by atoms with E-state index in [4.69, 9.17) is 10.00 Å². The van der Waals surface area contributed by atoms with Crippen LogP contribution in [0.1, 0.15) is 30.1 Å². The van der Waals surface area contributed by atoms with Gasteiger partial charge in [-0.25, -0.2) is 0 Å². The van der Waals surface area contributed by atoms with Gasteiger partial charge in [0.1, 0.15) is 18.3 Å². The third kappa shape index (κ3) is 2.09. The van der Waals surface area contributed by atoms with E-state index >= 15 is 0 Å². The molecule has 0 aliphatic carbocycles. The molecular formula is C12H9NO3. The highest BCUT2D eigenvalue weighted by atomic mass is 16.5. The van der Waals surface area contributed by atoms with Gasteiger partial charge in [-0.05, 0) is 17.7 Å². The minimum Gasteiger partial charge on any atom is -0.457 e. The topological polar surface area (TPSA) is 67.2 Å². The second-order valence-corrected chi connectivity index (χ2v) is 3.63. The monoisotopic (exact) mass is 215 g/mol. The van der Waals surface area contributed by atoms with Crippen molar-refractivity contribution in [2.75, 3.05) is 0 Å². The van der Waals surface area contributed by atoms with Gasteiger partial charge in [0.15, 0.2) is 0 Å². The van der Waals surface area contributed by atoms with Crippen LogP contribution in [0.15, 0.2) is 24.3 Å². The van der Waals surface area contributed by atoms with Gasteiger partial charge in [0.25, 0.3) is 0 Å². The molecule has 0 aromatic heterocycles. The van der Waals surface area contributed by atoms with Gasteiger partial charge in [0.2, 0.25) is 0 Å². The van der Waals surface area contributed by atoms with E-state index in [1.807, 2.05) is 6.07 Å². The molecule has 16 heavy (non-hydrogen) atoms. The Labute approximate surface area is 92.4 Å². The lowest BCUT2D eigenvalue weighted by Crippen LogP contribution is -2.24. The summed E-state index contributed by atoms with van der Waals surface area (Å²) in [5.41, 5.74) is 1.29. The van der Waals surface area contributed by atoms with Crippen LogP contribution in [0.2, 0.25) is 0 Å². The molecular weight excluding hydrogens is 206 g/mol. The maximum Gasteiger partial charge on any atom is 0.313 e. The van der Waals surface area contributed by atoms with Gasteiger partial charge >= 0.3 is 5.97 Å². The Bertz CT molecular complexity index is 454. The standard InChI is InChI=1S/C12H9NO3/c13-7-8-1-3-9(4-2-8)11-5-10(14)6-12(15)16-11/h1-4,11H,5-6H2. The van der Waals surface area contributed by atoms with E-state index < -0.39 is 12.1 Å². The molecule has 1 aliphatic rings. The van der Waals surface area contributed by atoms with Gasteiger partial charge in [0.05, 0.1) is 11.6 Å². The predicted molar refractivity (Wildman–Crippen MR) is 54.2 cm³/mol. The van der Waals surface area contributed by atoms with E-state index in [0.29, 0.717) is 5.56 Å². The third-order valence-electron chi connectivity index (χ3n) is 2.44. The van der Waals surface area contributed by atoms with Crippen LogP contribution in [0.3, 0.4) is 0 Å². The van der Waals surface area contributed by atoms with Gasteiger partial charge in [-0.15, -0.1) is 0 Å². The third-order valence-corrected chi connectivity index (χ3v) is 2.44. The summed E-state index contributed by atoms with van der Waals surface area (Å²) in [5, 5.41) is 8.63. The number of cyclic esters (lactones) is 1. The van der Waals surface area contributed by atoms with Crippen LogP contribution in [0, 0.1) is 11.3 Å². The van der Waals surface area contributed by atoms with E-state index in [1.54, 1.807) is 24.3 Å². The van der Waals surface area contributed by atoms with Crippen LogP contribution in [-0.4, -0.2) is 11.8 Å². The summed E-state index contributed by atoms with van der Waals surface area (Å²) in [6, 6.07) is 8.69. The van der Waals surface area contributed by atoms with Crippen molar-refractivity contribution in [3.8, 4) is 6.07 Å². The molecule has 0 spiro atoms. The molecule has 1 atom stereocenters. The Morgan fingerprint density at radius 3 is 2.50 bits per heavy atom. The first-order chi connectivity index (χ1) is 7.69.